The van der Waals surface area contributed by atoms with Crippen LogP contribution in [-0.4, -0.2) is 11.7 Å². The molecular formula is C16H16BrFO2. The van der Waals surface area contributed by atoms with Gasteiger partial charge in [-0.1, -0.05) is 41.1 Å². The molecule has 1 atom stereocenters. The van der Waals surface area contributed by atoms with Crippen molar-refractivity contribution in [1.29, 1.82) is 0 Å². The van der Waals surface area contributed by atoms with E-state index >= 15 is 0 Å². The average Bonchev–Trinajstić information content (AvgIpc) is 2.47. The van der Waals surface area contributed by atoms with E-state index in [1.165, 1.54) is 12.1 Å². The fraction of sp³-hybridized carbons (Fsp3) is 0.250. The highest BCUT2D eigenvalue weighted by Crippen LogP contribution is 2.34. The molecule has 0 amide bonds. The Morgan fingerprint density at radius 2 is 1.95 bits per heavy atom. The summed E-state index contributed by atoms with van der Waals surface area (Å²) in [6.45, 7) is 2.59. The molecule has 0 aliphatic carbocycles. The Morgan fingerprint density at radius 3 is 2.70 bits per heavy atom. The molecule has 0 radical (unpaired) electrons. The smallest absolute Gasteiger partial charge is 0.125 e. The second-order valence-electron chi connectivity index (χ2n) is 4.45. The van der Waals surface area contributed by atoms with Crippen LogP contribution in [0.4, 0.5) is 4.39 Å². The molecule has 1 N–H and O–H groups in total. The lowest BCUT2D eigenvalue weighted by molar-refractivity contribution is 0.209. The number of aliphatic hydroxyl groups is 1. The van der Waals surface area contributed by atoms with Crippen molar-refractivity contribution >= 4 is 15.9 Å². The number of ether oxygens (including phenoxy) is 1. The minimum absolute atomic E-state index is 0.380. The quantitative estimate of drug-likeness (QED) is 0.872. The molecule has 0 aliphatic heterocycles. The highest BCUT2D eigenvalue weighted by atomic mass is 79.9. The van der Waals surface area contributed by atoms with Crippen LogP contribution in [0.1, 0.15) is 30.6 Å². The molecule has 0 heterocycles. The van der Waals surface area contributed by atoms with E-state index in [4.69, 9.17) is 4.74 Å². The van der Waals surface area contributed by atoms with Gasteiger partial charge in [-0.15, -0.1) is 0 Å². The van der Waals surface area contributed by atoms with Crippen LogP contribution in [0.5, 0.6) is 5.75 Å². The molecule has 2 rings (SSSR count). The van der Waals surface area contributed by atoms with Crippen molar-refractivity contribution in [3.8, 4) is 5.75 Å². The average molecular weight is 339 g/mol. The summed E-state index contributed by atoms with van der Waals surface area (Å²) in [4.78, 5) is 0. The lowest BCUT2D eigenvalue weighted by Crippen LogP contribution is -2.05. The van der Waals surface area contributed by atoms with E-state index in [1.807, 2.05) is 19.1 Å². The van der Waals surface area contributed by atoms with E-state index in [2.05, 4.69) is 15.9 Å². The second-order valence-corrected chi connectivity index (χ2v) is 5.31. The van der Waals surface area contributed by atoms with Crippen LogP contribution in [0.2, 0.25) is 0 Å². The van der Waals surface area contributed by atoms with Crippen LogP contribution in [0.15, 0.2) is 46.9 Å². The van der Waals surface area contributed by atoms with Gasteiger partial charge in [-0.05, 0) is 30.7 Å². The second kappa shape index (κ2) is 6.86. The number of hydrogen-bond donors (Lipinski definition) is 1. The van der Waals surface area contributed by atoms with Crippen molar-refractivity contribution in [2.45, 2.75) is 19.4 Å². The first-order chi connectivity index (χ1) is 9.63. The van der Waals surface area contributed by atoms with Gasteiger partial charge in [0.15, 0.2) is 0 Å². The number of hydrogen-bond acceptors (Lipinski definition) is 2. The summed E-state index contributed by atoms with van der Waals surface area (Å²) in [5.41, 5.74) is 1.12. The molecule has 4 heteroatoms. The topological polar surface area (TPSA) is 29.5 Å². The Labute approximate surface area is 126 Å². The van der Waals surface area contributed by atoms with Crippen LogP contribution in [0.3, 0.4) is 0 Å². The Morgan fingerprint density at radius 1 is 1.20 bits per heavy atom. The summed E-state index contributed by atoms with van der Waals surface area (Å²) < 4.78 is 19.7. The zero-order valence-corrected chi connectivity index (χ0v) is 12.7. The maximum Gasteiger partial charge on any atom is 0.125 e. The van der Waals surface area contributed by atoms with Gasteiger partial charge in [0.25, 0.3) is 0 Å². The van der Waals surface area contributed by atoms with E-state index in [1.54, 1.807) is 18.2 Å². The maximum atomic E-state index is 13.4. The first kappa shape index (κ1) is 15.0. The van der Waals surface area contributed by atoms with E-state index in [-0.39, 0.29) is 5.82 Å². The summed E-state index contributed by atoms with van der Waals surface area (Å²) in [6, 6.07) is 11.5. The van der Waals surface area contributed by atoms with Crippen molar-refractivity contribution in [1.82, 2.24) is 0 Å². The fourth-order valence-corrected chi connectivity index (χ4v) is 2.41. The number of halogens is 2. The highest BCUT2D eigenvalue weighted by molar-refractivity contribution is 9.10. The maximum absolute atomic E-state index is 13.4. The molecular weight excluding hydrogens is 323 g/mol. The molecule has 1 unspecified atom stereocenters. The zero-order chi connectivity index (χ0) is 14.5. The summed E-state index contributed by atoms with van der Waals surface area (Å²) in [6.07, 6.45) is -0.0539. The molecule has 106 valence electrons. The van der Waals surface area contributed by atoms with E-state index < -0.39 is 6.10 Å². The molecule has 2 aromatic rings. The van der Waals surface area contributed by atoms with Gasteiger partial charge in [-0.3, -0.25) is 0 Å². The fourth-order valence-electron chi connectivity index (χ4n) is 1.94. The molecule has 0 bridgehead atoms. The summed E-state index contributed by atoms with van der Waals surface area (Å²) in [5.74, 6) is 0.243. The highest BCUT2D eigenvalue weighted by Gasteiger charge is 2.18. The van der Waals surface area contributed by atoms with Gasteiger partial charge >= 0.3 is 0 Å². The molecule has 0 saturated carbocycles. The molecule has 2 aromatic carbocycles. The van der Waals surface area contributed by atoms with Crippen LogP contribution in [0.25, 0.3) is 0 Å². The van der Waals surface area contributed by atoms with Gasteiger partial charge < -0.3 is 9.84 Å². The Kier molecular flexibility index (Phi) is 5.15. The lowest BCUT2D eigenvalue weighted by atomic mass is 10.0. The van der Waals surface area contributed by atoms with Crippen molar-refractivity contribution in [2.75, 3.05) is 6.61 Å². The lowest BCUT2D eigenvalue weighted by Gasteiger charge is -2.17. The van der Waals surface area contributed by atoms with Gasteiger partial charge in [0, 0.05) is 15.6 Å². The Bertz CT molecular complexity index is 586. The Hall–Kier alpha value is -1.39. The van der Waals surface area contributed by atoms with Gasteiger partial charge in [0.1, 0.15) is 17.7 Å². The van der Waals surface area contributed by atoms with E-state index in [0.29, 0.717) is 28.0 Å². The van der Waals surface area contributed by atoms with Crippen LogP contribution < -0.4 is 4.74 Å². The number of rotatable bonds is 5. The number of benzene rings is 2. The predicted molar refractivity (Wildman–Crippen MR) is 80.4 cm³/mol. The molecule has 2 nitrogen and oxygen atoms in total. The van der Waals surface area contributed by atoms with E-state index in [9.17, 15) is 9.50 Å². The molecule has 0 spiro atoms. The third kappa shape index (κ3) is 3.38. The normalized spacial score (nSPS) is 12.2. The molecule has 0 aliphatic rings. The van der Waals surface area contributed by atoms with Crippen LogP contribution >= 0.6 is 15.9 Å². The molecule has 20 heavy (non-hydrogen) atoms. The van der Waals surface area contributed by atoms with Gasteiger partial charge in [-0.2, -0.15) is 0 Å². The minimum Gasteiger partial charge on any atom is -0.493 e. The first-order valence-electron chi connectivity index (χ1n) is 6.48. The first-order valence-corrected chi connectivity index (χ1v) is 7.27. The summed E-state index contributed by atoms with van der Waals surface area (Å²) in [7, 11) is 0. The minimum atomic E-state index is -0.937. The van der Waals surface area contributed by atoms with Gasteiger partial charge in [0.05, 0.1) is 6.61 Å². The van der Waals surface area contributed by atoms with Crippen molar-refractivity contribution in [3.05, 3.63) is 63.9 Å². The van der Waals surface area contributed by atoms with Gasteiger partial charge in [-0.25, -0.2) is 4.39 Å². The molecule has 0 fully saturated rings. The van der Waals surface area contributed by atoms with Crippen molar-refractivity contribution < 1.29 is 14.2 Å². The summed E-state index contributed by atoms with van der Waals surface area (Å²) in [5, 5.41) is 10.5. The molecule has 0 aromatic heterocycles. The van der Waals surface area contributed by atoms with Crippen LogP contribution in [0, 0.1) is 5.82 Å². The molecule has 0 saturated heterocycles. The third-order valence-corrected chi connectivity index (χ3v) is 3.65. The zero-order valence-electron chi connectivity index (χ0n) is 11.1. The van der Waals surface area contributed by atoms with Crippen LogP contribution in [-0.2, 0) is 0 Å². The summed E-state index contributed by atoms with van der Waals surface area (Å²) >= 11 is 3.34. The number of para-hydroxylation sites is 1. The Balaban J connectivity index is 2.37. The van der Waals surface area contributed by atoms with E-state index in [0.717, 1.165) is 6.42 Å². The van der Waals surface area contributed by atoms with Gasteiger partial charge in [0.2, 0.25) is 0 Å². The largest absolute Gasteiger partial charge is 0.493 e. The van der Waals surface area contributed by atoms with Crippen molar-refractivity contribution in [2.24, 2.45) is 0 Å². The monoisotopic (exact) mass is 338 g/mol. The van der Waals surface area contributed by atoms with Crippen molar-refractivity contribution in [3.63, 3.8) is 0 Å². The standard InChI is InChI=1S/C16H16BrFO2/c1-2-9-20-15-6-4-3-5-12(15)16(19)13-10-11(18)7-8-14(13)17/h3-8,10,16,19H,2,9H2,1H3. The number of aliphatic hydroxyl groups excluding tert-OH is 1. The predicted octanol–water partition coefficient (Wildman–Crippen LogP) is 4.46. The SMILES string of the molecule is CCCOc1ccccc1C(O)c1cc(F)ccc1Br. The third-order valence-electron chi connectivity index (χ3n) is 2.93.